The molecule has 0 saturated heterocycles. The number of carbonyl (C=O) groups excluding carboxylic acids is 2. The number of likely N-dealkylation sites (N-methyl/N-ethyl adjacent to an activating group) is 1. The van der Waals surface area contributed by atoms with Gasteiger partial charge in [-0.25, -0.2) is 0 Å². The van der Waals surface area contributed by atoms with Gasteiger partial charge in [-0.15, -0.1) is 0 Å². The molecule has 2 aromatic rings. The first kappa shape index (κ1) is 20.8. The molecule has 0 aliphatic carbocycles. The Kier molecular flexibility index (Phi) is 7.74. The summed E-state index contributed by atoms with van der Waals surface area (Å²) in [7, 11) is 3.99. The van der Waals surface area contributed by atoms with Crippen LogP contribution in [0.2, 0.25) is 0 Å². The van der Waals surface area contributed by atoms with Gasteiger partial charge in [-0.1, -0.05) is 42.5 Å². The molecule has 0 aromatic heterocycles. The summed E-state index contributed by atoms with van der Waals surface area (Å²) in [5, 5.41) is 0. The van der Waals surface area contributed by atoms with Crippen LogP contribution in [0.1, 0.15) is 39.9 Å². The van der Waals surface area contributed by atoms with Gasteiger partial charge in [0.2, 0.25) is 5.91 Å². The van der Waals surface area contributed by atoms with Crippen LogP contribution in [0.4, 0.5) is 0 Å². The third kappa shape index (κ3) is 6.65. The Morgan fingerprint density at radius 1 is 0.852 bits per heavy atom. The summed E-state index contributed by atoms with van der Waals surface area (Å²) >= 11 is 0. The molecule has 1 amide bonds. The Labute approximate surface area is 162 Å². The number of ketones is 1. The average molecular weight is 367 g/mol. The molecule has 0 aliphatic heterocycles. The van der Waals surface area contributed by atoms with Crippen LogP contribution in [0.5, 0.6) is 0 Å². The maximum atomic E-state index is 12.8. The van der Waals surface area contributed by atoms with Crippen LogP contribution in [-0.2, 0) is 11.3 Å². The largest absolute Gasteiger partial charge is 0.337 e. The fraction of sp³-hybridized carbons (Fsp3) is 0.391. The van der Waals surface area contributed by atoms with E-state index in [0.717, 1.165) is 17.7 Å². The maximum absolute atomic E-state index is 12.8. The lowest BCUT2D eigenvalue weighted by atomic mass is 10.0. The molecule has 0 aliphatic rings. The highest BCUT2D eigenvalue weighted by molar-refractivity contribution is 5.98. The molecule has 4 heteroatoms. The van der Waals surface area contributed by atoms with Gasteiger partial charge in [-0.2, -0.15) is 0 Å². The van der Waals surface area contributed by atoms with Crippen molar-refractivity contribution in [2.24, 2.45) is 0 Å². The van der Waals surface area contributed by atoms with E-state index in [9.17, 15) is 9.59 Å². The van der Waals surface area contributed by atoms with E-state index in [1.165, 1.54) is 5.56 Å². The fourth-order valence-corrected chi connectivity index (χ4v) is 2.85. The van der Waals surface area contributed by atoms with Crippen LogP contribution in [0.15, 0.2) is 48.5 Å². The van der Waals surface area contributed by atoms with E-state index in [1.807, 2.05) is 81.4 Å². The van der Waals surface area contributed by atoms with Gasteiger partial charge in [0.15, 0.2) is 5.78 Å². The van der Waals surface area contributed by atoms with E-state index in [4.69, 9.17) is 0 Å². The normalized spacial score (nSPS) is 10.9. The van der Waals surface area contributed by atoms with Gasteiger partial charge in [0, 0.05) is 38.0 Å². The predicted molar refractivity (Wildman–Crippen MR) is 110 cm³/mol. The minimum Gasteiger partial charge on any atom is -0.337 e. The van der Waals surface area contributed by atoms with Gasteiger partial charge in [0.05, 0.1) is 0 Å². The molecular weight excluding hydrogens is 336 g/mol. The minimum absolute atomic E-state index is 0.0258. The van der Waals surface area contributed by atoms with Crippen LogP contribution in [0.25, 0.3) is 0 Å². The summed E-state index contributed by atoms with van der Waals surface area (Å²) in [4.78, 5) is 29.2. The Morgan fingerprint density at radius 2 is 1.56 bits per heavy atom. The Bertz CT molecular complexity index is 769. The number of hydrogen-bond acceptors (Lipinski definition) is 3. The number of benzene rings is 2. The third-order valence-electron chi connectivity index (χ3n) is 4.78. The second kappa shape index (κ2) is 10.0. The quantitative estimate of drug-likeness (QED) is 0.633. The lowest BCUT2D eigenvalue weighted by Crippen LogP contribution is -2.36. The molecule has 2 aromatic carbocycles. The van der Waals surface area contributed by atoms with E-state index in [1.54, 1.807) is 0 Å². The van der Waals surface area contributed by atoms with Gasteiger partial charge in [-0.3, -0.25) is 9.59 Å². The highest BCUT2D eigenvalue weighted by Crippen LogP contribution is 2.14. The predicted octanol–water partition coefficient (Wildman–Crippen LogP) is 3.86. The second-order valence-electron chi connectivity index (χ2n) is 7.33. The van der Waals surface area contributed by atoms with Crippen LogP contribution >= 0.6 is 0 Å². The van der Waals surface area contributed by atoms with Crippen molar-refractivity contribution in [2.75, 3.05) is 27.2 Å². The molecule has 0 bridgehead atoms. The molecule has 0 unspecified atom stereocenters. The number of aryl methyl sites for hydroxylation is 2. The topological polar surface area (TPSA) is 40.6 Å². The number of Topliss-reactive ketones (excluding diaryl/α,β-unsaturated/α-hetero) is 1. The van der Waals surface area contributed by atoms with Crippen molar-refractivity contribution in [1.82, 2.24) is 9.80 Å². The molecular formula is C23H30N2O2. The van der Waals surface area contributed by atoms with Crippen molar-refractivity contribution in [3.05, 3.63) is 70.8 Å². The molecule has 0 heterocycles. The van der Waals surface area contributed by atoms with Gasteiger partial charge < -0.3 is 9.80 Å². The van der Waals surface area contributed by atoms with Crippen LogP contribution in [-0.4, -0.2) is 48.7 Å². The van der Waals surface area contributed by atoms with E-state index in [2.05, 4.69) is 4.90 Å². The van der Waals surface area contributed by atoms with Crippen LogP contribution < -0.4 is 0 Å². The van der Waals surface area contributed by atoms with Crippen LogP contribution in [0, 0.1) is 13.8 Å². The van der Waals surface area contributed by atoms with Crippen molar-refractivity contribution < 1.29 is 9.59 Å². The lowest BCUT2D eigenvalue weighted by Gasteiger charge is -2.24. The average Bonchev–Trinajstić information content (AvgIpc) is 2.65. The van der Waals surface area contributed by atoms with Crippen molar-refractivity contribution in [1.29, 1.82) is 0 Å². The molecule has 0 radical (unpaired) electrons. The molecule has 0 fully saturated rings. The Morgan fingerprint density at radius 3 is 2.19 bits per heavy atom. The first-order valence-corrected chi connectivity index (χ1v) is 9.43. The zero-order chi connectivity index (χ0) is 19.8. The molecule has 0 N–H and O–H groups in total. The van der Waals surface area contributed by atoms with E-state index < -0.39 is 0 Å². The molecule has 0 saturated carbocycles. The number of hydrogen-bond donors (Lipinski definition) is 0. The van der Waals surface area contributed by atoms with Gasteiger partial charge in [0.25, 0.3) is 0 Å². The SMILES string of the molecule is Cc1ccc(C(=O)CCC(=O)N(CCN(C)C)Cc2ccccc2)cc1C. The minimum atomic E-state index is 0.0258. The summed E-state index contributed by atoms with van der Waals surface area (Å²) in [5.41, 5.74) is 4.06. The monoisotopic (exact) mass is 366 g/mol. The zero-order valence-electron chi connectivity index (χ0n) is 16.9. The lowest BCUT2D eigenvalue weighted by molar-refractivity contribution is -0.131. The fourth-order valence-electron chi connectivity index (χ4n) is 2.85. The number of carbonyl (C=O) groups is 2. The molecule has 2 rings (SSSR count). The maximum Gasteiger partial charge on any atom is 0.223 e. The van der Waals surface area contributed by atoms with Gasteiger partial charge in [-0.05, 0) is 50.7 Å². The highest BCUT2D eigenvalue weighted by atomic mass is 16.2. The van der Waals surface area contributed by atoms with Crippen molar-refractivity contribution in [3.8, 4) is 0 Å². The molecule has 27 heavy (non-hydrogen) atoms. The zero-order valence-corrected chi connectivity index (χ0v) is 16.9. The molecule has 0 spiro atoms. The molecule has 4 nitrogen and oxygen atoms in total. The standard InChI is InChI=1S/C23H30N2O2/c1-18-10-11-21(16-19(18)2)22(26)12-13-23(27)25(15-14-24(3)4)17-20-8-6-5-7-9-20/h5-11,16H,12-15,17H2,1-4H3. The first-order chi connectivity index (χ1) is 12.9. The summed E-state index contributed by atoms with van der Waals surface area (Å²) in [6, 6.07) is 15.7. The van der Waals surface area contributed by atoms with Crippen LogP contribution in [0.3, 0.4) is 0 Å². The third-order valence-corrected chi connectivity index (χ3v) is 4.78. The number of nitrogens with zero attached hydrogens (tertiary/aromatic N) is 2. The summed E-state index contributed by atoms with van der Waals surface area (Å²) < 4.78 is 0. The second-order valence-corrected chi connectivity index (χ2v) is 7.33. The van der Waals surface area contributed by atoms with Gasteiger partial charge >= 0.3 is 0 Å². The summed E-state index contributed by atoms with van der Waals surface area (Å²) in [6.45, 7) is 6.05. The molecule has 0 atom stereocenters. The van der Waals surface area contributed by atoms with E-state index in [-0.39, 0.29) is 24.5 Å². The highest BCUT2D eigenvalue weighted by Gasteiger charge is 2.16. The number of amides is 1. The first-order valence-electron chi connectivity index (χ1n) is 9.43. The van der Waals surface area contributed by atoms with Crippen molar-refractivity contribution in [2.45, 2.75) is 33.2 Å². The van der Waals surface area contributed by atoms with Crippen molar-refractivity contribution in [3.63, 3.8) is 0 Å². The summed E-state index contributed by atoms with van der Waals surface area (Å²) in [6.07, 6.45) is 0.487. The summed E-state index contributed by atoms with van der Waals surface area (Å²) in [5.74, 6) is 0.0524. The van der Waals surface area contributed by atoms with Gasteiger partial charge in [0.1, 0.15) is 0 Å². The smallest absolute Gasteiger partial charge is 0.223 e. The Hall–Kier alpha value is -2.46. The van der Waals surface area contributed by atoms with Crippen molar-refractivity contribution >= 4 is 11.7 Å². The molecule has 144 valence electrons. The van der Waals surface area contributed by atoms with E-state index in [0.29, 0.717) is 18.7 Å². The number of rotatable bonds is 9. The van der Waals surface area contributed by atoms with E-state index >= 15 is 0 Å². The Balaban J connectivity index is 1.99.